The lowest BCUT2D eigenvalue weighted by atomic mass is 10.2. The Hall–Kier alpha value is -2.54. The summed E-state index contributed by atoms with van der Waals surface area (Å²) in [6, 6.07) is 0.453. The molecular weight excluding hydrogens is 396 g/mol. The molecule has 27 heavy (non-hydrogen) atoms. The molecule has 146 valence electrons. The Kier molecular flexibility index (Phi) is 4.67. The molecular formula is C14H12F4N4O4S. The molecule has 2 heterocycles. The van der Waals surface area contributed by atoms with Crippen LogP contribution >= 0.6 is 0 Å². The van der Waals surface area contributed by atoms with Crippen LogP contribution in [0, 0.1) is 5.82 Å². The number of benzene rings is 1. The zero-order valence-electron chi connectivity index (χ0n) is 13.4. The number of primary amides is 1. The first-order chi connectivity index (χ1) is 12.5. The molecule has 0 aliphatic carbocycles. The van der Waals surface area contributed by atoms with Crippen LogP contribution in [0.1, 0.15) is 41.0 Å². The van der Waals surface area contributed by atoms with Gasteiger partial charge >= 0.3 is 6.18 Å². The molecule has 0 radical (unpaired) electrons. The highest BCUT2D eigenvalue weighted by Crippen LogP contribution is 2.38. The van der Waals surface area contributed by atoms with Crippen molar-refractivity contribution in [2.24, 2.45) is 5.73 Å². The van der Waals surface area contributed by atoms with Crippen LogP contribution in [0.5, 0.6) is 0 Å². The van der Waals surface area contributed by atoms with Gasteiger partial charge in [0.15, 0.2) is 0 Å². The molecule has 1 unspecified atom stereocenters. The summed E-state index contributed by atoms with van der Waals surface area (Å²) in [4.78, 5) is 14.1. The first kappa shape index (κ1) is 19.2. The van der Waals surface area contributed by atoms with Gasteiger partial charge in [0.05, 0.1) is 10.5 Å². The van der Waals surface area contributed by atoms with Crippen molar-refractivity contribution in [2.75, 3.05) is 6.54 Å². The fourth-order valence-electron chi connectivity index (χ4n) is 2.76. The second-order valence-corrected chi connectivity index (χ2v) is 7.62. The van der Waals surface area contributed by atoms with E-state index < -0.39 is 50.2 Å². The number of hydrogen-bond donors (Lipinski definition) is 1. The number of halogens is 4. The SMILES string of the molecule is NC(=O)c1noc(C2CCCN2S(=O)(=O)c2ccc(F)c(C(F)(F)F)c2)n1. The highest BCUT2D eigenvalue weighted by atomic mass is 32.2. The van der Waals surface area contributed by atoms with Crippen LogP contribution < -0.4 is 5.73 Å². The second-order valence-electron chi connectivity index (χ2n) is 5.73. The van der Waals surface area contributed by atoms with Crippen LogP contribution in [-0.2, 0) is 16.2 Å². The average molecular weight is 408 g/mol. The standard InChI is InChI=1S/C14H12F4N4O4S/c15-9-4-3-7(6-8(9)14(16,17)18)27(24,25)22-5-1-2-10(22)13-20-12(11(19)23)21-26-13/h3-4,6,10H,1-2,5H2,(H2,19,23). The maximum atomic E-state index is 13.4. The van der Waals surface area contributed by atoms with Crippen LogP contribution in [0.3, 0.4) is 0 Å². The third-order valence-corrected chi connectivity index (χ3v) is 5.90. The largest absolute Gasteiger partial charge is 0.419 e. The molecule has 1 saturated heterocycles. The maximum Gasteiger partial charge on any atom is 0.419 e. The first-order valence-corrected chi connectivity index (χ1v) is 8.98. The molecule has 2 N–H and O–H groups in total. The van der Waals surface area contributed by atoms with Gasteiger partial charge in [-0.2, -0.15) is 22.5 Å². The molecule has 1 amide bonds. The van der Waals surface area contributed by atoms with E-state index in [4.69, 9.17) is 10.3 Å². The summed E-state index contributed by atoms with van der Waals surface area (Å²) in [5.41, 5.74) is 3.32. The van der Waals surface area contributed by atoms with Crippen molar-refractivity contribution in [1.29, 1.82) is 0 Å². The van der Waals surface area contributed by atoms with Gasteiger partial charge in [-0.25, -0.2) is 12.8 Å². The smallest absolute Gasteiger partial charge is 0.363 e. The normalized spacial score (nSPS) is 18.7. The molecule has 2 aromatic rings. The van der Waals surface area contributed by atoms with Crippen LogP contribution in [0.4, 0.5) is 17.6 Å². The zero-order valence-corrected chi connectivity index (χ0v) is 14.2. The molecule has 0 spiro atoms. The Bertz CT molecular complexity index is 989. The molecule has 1 aromatic heterocycles. The average Bonchev–Trinajstić information content (AvgIpc) is 3.23. The summed E-state index contributed by atoms with van der Waals surface area (Å²) < 4.78 is 83.5. The van der Waals surface area contributed by atoms with E-state index >= 15 is 0 Å². The molecule has 0 bridgehead atoms. The van der Waals surface area contributed by atoms with Gasteiger partial charge in [0.2, 0.25) is 15.9 Å². The lowest BCUT2D eigenvalue weighted by molar-refractivity contribution is -0.140. The summed E-state index contributed by atoms with van der Waals surface area (Å²) in [7, 11) is -4.42. The van der Waals surface area contributed by atoms with Crippen LogP contribution in [0.25, 0.3) is 0 Å². The minimum atomic E-state index is -5.05. The monoisotopic (exact) mass is 408 g/mol. The van der Waals surface area contributed by atoms with Crippen molar-refractivity contribution in [3.63, 3.8) is 0 Å². The van der Waals surface area contributed by atoms with Crippen molar-refractivity contribution in [3.8, 4) is 0 Å². The molecule has 1 fully saturated rings. The molecule has 8 nitrogen and oxygen atoms in total. The lowest BCUT2D eigenvalue weighted by Gasteiger charge is -2.22. The van der Waals surface area contributed by atoms with E-state index in [0.717, 1.165) is 10.4 Å². The number of aromatic nitrogens is 2. The fraction of sp³-hybridized carbons (Fsp3) is 0.357. The predicted octanol–water partition coefficient (Wildman–Crippen LogP) is 1.85. The topological polar surface area (TPSA) is 119 Å². The Morgan fingerprint density at radius 1 is 1.33 bits per heavy atom. The van der Waals surface area contributed by atoms with E-state index in [-0.39, 0.29) is 24.9 Å². The number of rotatable bonds is 4. The summed E-state index contributed by atoms with van der Waals surface area (Å²) in [6.07, 6.45) is -4.44. The molecule has 3 rings (SSSR count). The number of nitrogens with two attached hydrogens (primary N) is 1. The molecule has 1 atom stereocenters. The van der Waals surface area contributed by atoms with Gasteiger partial charge in [0.25, 0.3) is 11.7 Å². The second kappa shape index (κ2) is 6.56. The predicted molar refractivity (Wildman–Crippen MR) is 80.1 cm³/mol. The van der Waals surface area contributed by atoms with Crippen LogP contribution in [0.15, 0.2) is 27.6 Å². The molecule has 1 aromatic carbocycles. The number of carbonyl (C=O) groups excluding carboxylic acids is 1. The highest BCUT2D eigenvalue weighted by molar-refractivity contribution is 7.89. The van der Waals surface area contributed by atoms with Crippen molar-refractivity contribution in [2.45, 2.75) is 30.0 Å². The Morgan fingerprint density at radius 3 is 2.63 bits per heavy atom. The number of hydrogen-bond acceptors (Lipinski definition) is 6. The van der Waals surface area contributed by atoms with Crippen molar-refractivity contribution in [1.82, 2.24) is 14.4 Å². The quantitative estimate of drug-likeness (QED) is 0.771. The van der Waals surface area contributed by atoms with Gasteiger partial charge < -0.3 is 10.3 Å². The van der Waals surface area contributed by atoms with Gasteiger partial charge in [0, 0.05) is 6.54 Å². The van der Waals surface area contributed by atoms with Gasteiger partial charge in [-0.05, 0) is 31.0 Å². The summed E-state index contributed by atoms with van der Waals surface area (Å²) in [5.74, 6) is -3.22. The van der Waals surface area contributed by atoms with Crippen molar-refractivity contribution in [3.05, 3.63) is 41.3 Å². The Labute approximate surface area is 150 Å². The first-order valence-electron chi connectivity index (χ1n) is 7.54. The van der Waals surface area contributed by atoms with E-state index in [1.807, 2.05) is 0 Å². The number of alkyl halides is 3. The third kappa shape index (κ3) is 3.51. The summed E-state index contributed by atoms with van der Waals surface area (Å²) >= 11 is 0. The van der Waals surface area contributed by atoms with Crippen LogP contribution in [0.2, 0.25) is 0 Å². The van der Waals surface area contributed by atoms with E-state index in [2.05, 4.69) is 10.1 Å². The Morgan fingerprint density at radius 2 is 2.04 bits per heavy atom. The van der Waals surface area contributed by atoms with E-state index in [9.17, 15) is 30.8 Å². The number of nitrogens with zero attached hydrogens (tertiary/aromatic N) is 3. The molecule has 0 saturated carbocycles. The maximum absolute atomic E-state index is 13.4. The van der Waals surface area contributed by atoms with Gasteiger partial charge in [-0.15, -0.1) is 0 Å². The van der Waals surface area contributed by atoms with Crippen LogP contribution in [-0.4, -0.2) is 35.3 Å². The molecule has 1 aliphatic heterocycles. The van der Waals surface area contributed by atoms with E-state index in [1.165, 1.54) is 0 Å². The van der Waals surface area contributed by atoms with Crippen molar-refractivity contribution < 1.29 is 35.3 Å². The summed E-state index contributed by atoms with van der Waals surface area (Å²) in [6.45, 7) is -0.0278. The van der Waals surface area contributed by atoms with Gasteiger partial charge in [-0.3, -0.25) is 4.79 Å². The van der Waals surface area contributed by atoms with E-state index in [1.54, 1.807) is 0 Å². The number of carbonyl (C=O) groups is 1. The van der Waals surface area contributed by atoms with Gasteiger partial charge in [-0.1, -0.05) is 5.16 Å². The number of amides is 1. The highest BCUT2D eigenvalue weighted by Gasteiger charge is 2.41. The third-order valence-electron chi connectivity index (χ3n) is 4.00. The minimum Gasteiger partial charge on any atom is -0.363 e. The van der Waals surface area contributed by atoms with E-state index in [0.29, 0.717) is 12.5 Å². The minimum absolute atomic E-state index is 0.0278. The van der Waals surface area contributed by atoms with Gasteiger partial charge in [0.1, 0.15) is 11.9 Å². The zero-order chi connectivity index (χ0) is 20.0. The number of sulfonamides is 1. The van der Waals surface area contributed by atoms with Crippen molar-refractivity contribution >= 4 is 15.9 Å². The molecule has 1 aliphatic rings. The lowest BCUT2D eigenvalue weighted by Crippen LogP contribution is -2.31. The molecule has 13 heteroatoms. The fourth-order valence-corrected chi connectivity index (χ4v) is 4.44. The summed E-state index contributed by atoms with van der Waals surface area (Å²) in [5, 5.41) is 3.33. The Balaban J connectivity index is 1.99.